The van der Waals surface area contributed by atoms with Crippen molar-refractivity contribution < 1.29 is 18.0 Å². The third kappa shape index (κ3) is 3.77. The number of carbonyl (C=O) groups is 1. The summed E-state index contributed by atoms with van der Waals surface area (Å²) in [6.07, 6.45) is -2.78. The highest BCUT2D eigenvalue weighted by Gasteiger charge is 2.36. The normalized spacial score (nSPS) is 18.5. The Morgan fingerprint density at radius 2 is 1.95 bits per heavy atom. The second-order valence-corrected chi connectivity index (χ2v) is 5.79. The Balaban J connectivity index is 2.39. The molecule has 1 saturated heterocycles. The molecule has 1 aliphatic heterocycles. The average molecular weight is 320 g/mol. The summed E-state index contributed by atoms with van der Waals surface area (Å²) < 4.78 is 39.8. The molecule has 0 saturated carbocycles. The number of piperidine rings is 1. The molecule has 1 unspecified atom stereocenters. The van der Waals surface area contributed by atoms with Crippen molar-refractivity contribution in [3.63, 3.8) is 0 Å². The van der Waals surface area contributed by atoms with Crippen LogP contribution in [0, 0.1) is 5.92 Å². The second kappa shape index (κ2) is 6.36. The van der Waals surface area contributed by atoms with Gasteiger partial charge in [0, 0.05) is 5.56 Å². The maximum Gasteiger partial charge on any atom is 0.416 e. The van der Waals surface area contributed by atoms with Crippen molar-refractivity contribution in [1.29, 1.82) is 0 Å². The van der Waals surface area contributed by atoms with Gasteiger partial charge in [-0.25, -0.2) is 0 Å². The van der Waals surface area contributed by atoms with Gasteiger partial charge in [0.1, 0.15) is 0 Å². The van der Waals surface area contributed by atoms with E-state index < -0.39 is 17.0 Å². The van der Waals surface area contributed by atoms with E-state index in [0.29, 0.717) is 0 Å². The molecule has 0 spiro atoms. The summed E-state index contributed by atoms with van der Waals surface area (Å²) in [7, 11) is 0. The molecule has 1 aromatic rings. The van der Waals surface area contributed by atoms with Crippen molar-refractivity contribution in [1.82, 2.24) is 5.32 Å². The van der Waals surface area contributed by atoms with Gasteiger partial charge < -0.3 is 5.32 Å². The maximum absolute atomic E-state index is 13.3. The SMILES string of the molecule is CC(c1ccc(C(=O)Cl)cc1C(F)(F)F)C1CCNCC1. The number of halogens is 4. The fourth-order valence-electron chi connectivity index (χ4n) is 2.92. The molecule has 2 nitrogen and oxygen atoms in total. The number of hydrogen-bond acceptors (Lipinski definition) is 2. The highest BCUT2D eigenvalue weighted by molar-refractivity contribution is 6.67. The lowest BCUT2D eigenvalue weighted by Crippen LogP contribution is -2.30. The van der Waals surface area contributed by atoms with E-state index >= 15 is 0 Å². The van der Waals surface area contributed by atoms with Gasteiger partial charge in [-0.3, -0.25) is 4.79 Å². The number of benzene rings is 1. The minimum absolute atomic E-state index is 0.120. The van der Waals surface area contributed by atoms with Crippen LogP contribution in [-0.2, 0) is 6.18 Å². The first-order chi connectivity index (χ1) is 9.80. The zero-order valence-electron chi connectivity index (χ0n) is 11.6. The van der Waals surface area contributed by atoms with E-state index in [1.807, 2.05) is 6.92 Å². The average Bonchev–Trinajstić information content (AvgIpc) is 2.46. The minimum atomic E-state index is -4.49. The third-order valence-corrected chi connectivity index (χ3v) is 4.39. The number of alkyl halides is 3. The lowest BCUT2D eigenvalue weighted by Gasteiger charge is -2.30. The Bertz CT molecular complexity index is 524. The topological polar surface area (TPSA) is 29.1 Å². The number of nitrogens with one attached hydrogen (secondary N) is 1. The molecule has 21 heavy (non-hydrogen) atoms. The number of carbonyl (C=O) groups excluding carboxylic acids is 1. The van der Waals surface area contributed by atoms with Crippen LogP contribution in [0.25, 0.3) is 0 Å². The Kier molecular flexibility index (Phi) is 4.94. The molecule has 0 aromatic heterocycles. The molecule has 116 valence electrons. The quantitative estimate of drug-likeness (QED) is 0.846. The van der Waals surface area contributed by atoms with Crippen LogP contribution in [0.15, 0.2) is 18.2 Å². The molecule has 1 aromatic carbocycles. The molecule has 6 heteroatoms. The van der Waals surface area contributed by atoms with Gasteiger partial charge in [-0.1, -0.05) is 13.0 Å². The molecule has 0 bridgehead atoms. The van der Waals surface area contributed by atoms with Crippen LogP contribution in [0.1, 0.15) is 47.2 Å². The Morgan fingerprint density at radius 1 is 1.33 bits per heavy atom. The molecule has 0 aliphatic carbocycles. The van der Waals surface area contributed by atoms with Gasteiger partial charge in [0.2, 0.25) is 0 Å². The fraction of sp³-hybridized carbons (Fsp3) is 0.533. The third-order valence-electron chi connectivity index (χ3n) is 4.17. The van der Waals surface area contributed by atoms with Crippen LogP contribution >= 0.6 is 11.6 Å². The first kappa shape index (κ1) is 16.3. The van der Waals surface area contributed by atoms with E-state index in [4.69, 9.17) is 11.6 Å². The molecule has 1 heterocycles. The highest BCUT2D eigenvalue weighted by atomic mass is 35.5. The summed E-state index contributed by atoms with van der Waals surface area (Å²) in [6, 6.07) is 3.63. The van der Waals surface area contributed by atoms with Crippen LogP contribution in [-0.4, -0.2) is 18.3 Å². The second-order valence-electron chi connectivity index (χ2n) is 5.45. The summed E-state index contributed by atoms with van der Waals surface area (Å²) in [5.74, 6) is 0.00751. The standard InChI is InChI=1S/C15H17ClF3NO/c1-9(10-4-6-20-7-5-10)12-3-2-11(14(16)21)8-13(12)15(17,18)19/h2-3,8-10,20H,4-7H2,1H3. The van der Waals surface area contributed by atoms with Gasteiger partial charge in [-0.15, -0.1) is 0 Å². The predicted octanol–water partition coefficient (Wildman–Crippen LogP) is 4.19. The van der Waals surface area contributed by atoms with Crippen molar-refractivity contribution in [3.8, 4) is 0 Å². The van der Waals surface area contributed by atoms with Crippen molar-refractivity contribution in [3.05, 3.63) is 34.9 Å². The fourth-order valence-corrected chi connectivity index (χ4v) is 3.04. The van der Waals surface area contributed by atoms with Crippen LogP contribution in [0.3, 0.4) is 0 Å². The van der Waals surface area contributed by atoms with E-state index in [9.17, 15) is 18.0 Å². The minimum Gasteiger partial charge on any atom is -0.317 e. The summed E-state index contributed by atoms with van der Waals surface area (Å²) in [4.78, 5) is 11.1. The van der Waals surface area contributed by atoms with Crippen molar-refractivity contribution in [2.45, 2.75) is 31.9 Å². The maximum atomic E-state index is 13.3. The number of rotatable bonds is 3. The summed E-state index contributed by atoms with van der Waals surface area (Å²) >= 11 is 5.29. The van der Waals surface area contributed by atoms with Crippen LogP contribution in [0.2, 0.25) is 0 Å². The highest BCUT2D eigenvalue weighted by Crippen LogP contribution is 2.40. The monoisotopic (exact) mass is 319 g/mol. The first-order valence-electron chi connectivity index (χ1n) is 6.92. The van der Waals surface area contributed by atoms with E-state index in [2.05, 4.69) is 5.32 Å². The van der Waals surface area contributed by atoms with E-state index in [1.165, 1.54) is 12.1 Å². The Morgan fingerprint density at radius 3 is 2.48 bits per heavy atom. The van der Waals surface area contributed by atoms with Gasteiger partial charge in [0.05, 0.1) is 5.56 Å². The van der Waals surface area contributed by atoms with Gasteiger partial charge in [0.25, 0.3) is 5.24 Å². The molecule has 2 rings (SSSR count). The van der Waals surface area contributed by atoms with Crippen LogP contribution in [0.5, 0.6) is 0 Å². The van der Waals surface area contributed by atoms with Gasteiger partial charge >= 0.3 is 6.18 Å². The molecule has 0 amide bonds. The predicted molar refractivity (Wildman–Crippen MR) is 75.6 cm³/mol. The molecule has 1 atom stereocenters. The van der Waals surface area contributed by atoms with Gasteiger partial charge in [0.15, 0.2) is 0 Å². The molecule has 1 aliphatic rings. The largest absolute Gasteiger partial charge is 0.416 e. The van der Waals surface area contributed by atoms with Crippen LogP contribution in [0.4, 0.5) is 13.2 Å². The van der Waals surface area contributed by atoms with E-state index in [1.54, 1.807) is 0 Å². The zero-order valence-corrected chi connectivity index (χ0v) is 12.4. The summed E-state index contributed by atoms with van der Waals surface area (Å²) in [5, 5.41) is 2.33. The Labute approximate surface area is 126 Å². The lowest BCUT2D eigenvalue weighted by molar-refractivity contribution is -0.138. The van der Waals surface area contributed by atoms with Gasteiger partial charge in [-0.05, 0) is 67.1 Å². The Hall–Kier alpha value is -1.07. The molecule has 1 N–H and O–H groups in total. The summed E-state index contributed by atoms with van der Waals surface area (Å²) in [6.45, 7) is 3.48. The van der Waals surface area contributed by atoms with E-state index in [-0.39, 0.29) is 23.0 Å². The van der Waals surface area contributed by atoms with Crippen molar-refractivity contribution in [2.75, 3.05) is 13.1 Å². The number of hydrogen-bond donors (Lipinski definition) is 1. The lowest BCUT2D eigenvalue weighted by atomic mass is 9.79. The van der Waals surface area contributed by atoms with E-state index in [0.717, 1.165) is 32.0 Å². The molecular weight excluding hydrogens is 303 g/mol. The van der Waals surface area contributed by atoms with Gasteiger partial charge in [-0.2, -0.15) is 13.2 Å². The smallest absolute Gasteiger partial charge is 0.317 e. The zero-order chi connectivity index (χ0) is 15.6. The molecule has 1 fully saturated rings. The molecule has 0 radical (unpaired) electrons. The van der Waals surface area contributed by atoms with Crippen LogP contribution < -0.4 is 5.32 Å². The summed E-state index contributed by atoms with van der Waals surface area (Å²) in [5.41, 5.74) is -0.624. The van der Waals surface area contributed by atoms with Crippen molar-refractivity contribution >= 4 is 16.8 Å². The first-order valence-corrected chi connectivity index (χ1v) is 7.30. The molecular formula is C15H17ClF3NO. The van der Waals surface area contributed by atoms with Crippen molar-refractivity contribution in [2.24, 2.45) is 5.92 Å².